The highest BCUT2D eigenvalue weighted by molar-refractivity contribution is 8.02. The maximum absolute atomic E-state index is 5.38. The molecule has 13 heavy (non-hydrogen) atoms. The Morgan fingerprint density at radius 1 is 1.62 bits per heavy atom. The van der Waals surface area contributed by atoms with Gasteiger partial charge in [0.1, 0.15) is 18.0 Å². The van der Waals surface area contributed by atoms with Crippen molar-refractivity contribution in [2.24, 2.45) is 0 Å². The molecule has 1 saturated heterocycles. The SMILES string of the molecule is COC1C=C(SC)C=C2OCOC21. The molecule has 0 aromatic carbocycles. The van der Waals surface area contributed by atoms with Crippen LogP contribution in [0.3, 0.4) is 0 Å². The van der Waals surface area contributed by atoms with Crippen LogP contribution in [0.4, 0.5) is 0 Å². The second-order valence-corrected chi connectivity index (χ2v) is 3.75. The fourth-order valence-corrected chi connectivity index (χ4v) is 1.98. The number of allylic oxidation sites excluding steroid dienone is 1. The van der Waals surface area contributed by atoms with Crippen molar-refractivity contribution in [1.29, 1.82) is 0 Å². The molecule has 2 aliphatic rings. The monoisotopic (exact) mass is 200 g/mol. The summed E-state index contributed by atoms with van der Waals surface area (Å²) < 4.78 is 16.0. The van der Waals surface area contributed by atoms with Crippen LogP contribution in [0.15, 0.2) is 22.8 Å². The van der Waals surface area contributed by atoms with Crippen molar-refractivity contribution in [2.45, 2.75) is 12.2 Å². The van der Waals surface area contributed by atoms with Crippen molar-refractivity contribution in [1.82, 2.24) is 0 Å². The Morgan fingerprint density at radius 2 is 2.46 bits per heavy atom. The molecular formula is C9H12O3S. The highest BCUT2D eigenvalue weighted by Gasteiger charge is 2.33. The lowest BCUT2D eigenvalue weighted by Gasteiger charge is -2.21. The second kappa shape index (κ2) is 3.74. The smallest absolute Gasteiger partial charge is 0.189 e. The molecule has 4 heteroatoms. The van der Waals surface area contributed by atoms with Gasteiger partial charge < -0.3 is 14.2 Å². The van der Waals surface area contributed by atoms with Gasteiger partial charge in [-0.15, -0.1) is 11.8 Å². The van der Waals surface area contributed by atoms with Crippen molar-refractivity contribution in [3.05, 3.63) is 22.8 Å². The van der Waals surface area contributed by atoms with Crippen LogP contribution < -0.4 is 0 Å². The third kappa shape index (κ3) is 1.61. The van der Waals surface area contributed by atoms with Gasteiger partial charge in [0.05, 0.1) is 0 Å². The molecular weight excluding hydrogens is 188 g/mol. The minimum Gasteiger partial charge on any atom is -0.469 e. The van der Waals surface area contributed by atoms with Crippen molar-refractivity contribution < 1.29 is 14.2 Å². The molecule has 0 radical (unpaired) electrons. The van der Waals surface area contributed by atoms with E-state index in [4.69, 9.17) is 14.2 Å². The molecule has 0 saturated carbocycles. The van der Waals surface area contributed by atoms with E-state index in [9.17, 15) is 0 Å². The van der Waals surface area contributed by atoms with Gasteiger partial charge in [-0.2, -0.15) is 0 Å². The first-order chi connectivity index (χ1) is 6.35. The topological polar surface area (TPSA) is 27.7 Å². The standard InChI is InChI=1S/C9H12O3S/c1-10-7-3-6(13-2)4-8-9(7)12-5-11-8/h3-4,7,9H,5H2,1-2H3. The van der Waals surface area contributed by atoms with E-state index in [-0.39, 0.29) is 12.2 Å². The fourth-order valence-electron chi connectivity index (χ4n) is 1.48. The molecule has 0 spiro atoms. The van der Waals surface area contributed by atoms with Crippen LogP contribution in [0, 0.1) is 0 Å². The van der Waals surface area contributed by atoms with E-state index in [0.29, 0.717) is 6.79 Å². The van der Waals surface area contributed by atoms with Crippen LogP contribution >= 0.6 is 11.8 Å². The summed E-state index contributed by atoms with van der Waals surface area (Å²) in [6, 6.07) is 0. The summed E-state index contributed by atoms with van der Waals surface area (Å²) in [5, 5.41) is 0. The largest absolute Gasteiger partial charge is 0.469 e. The first-order valence-electron chi connectivity index (χ1n) is 4.09. The van der Waals surface area contributed by atoms with Crippen molar-refractivity contribution in [2.75, 3.05) is 20.2 Å². The number of methoxy groups -OCH3 is 1. The van der Waals surface area contributed by atoms with Gasteiger partial charge in [-0.3, -0.25) is 0 Å². The van der Waals surface area contributed by atoms with Crippen LogP contribution in [-0.2, 0) is 14.2 Å². The normalized spacial score (nSPS) is 31.8. The zero-order valence-electron chi connectivity index (χ0n) is 7.65. The number of fused-ring (bicyclic) bond motifs is 1. The van der Waals surface area contributed by atoms with E-state index < -0.39 is 0 Å². The first kappa shape index (κ1) is 9.12. The summed E-state index contributed by atoms with van der Waals surface area (Å²) in [5.41, 5.74) is 0. The van der Waals surface area contributed by atoms with E-state index >= 15 is 0 Å². The molecule has 72 valence electrons. The van der Waals surface area contributed by atoms with Gasteiger partial charge in [0.15, 0.2) is 6.79 Å². The molecule has 1 heterocycles. The van der Waals surface area contributed by atoms with Gasteiger partial charge in [-0.1, -0.05) is 0 Å². The minimum absolute atomic E-state index is 0.00931. The molecule has 1 fully saturated rings. The molecule has 2 rings (SSSR count). The lowest BCUT2D eigenvalue weighted by atomic mass is 10.1. The lowest BCUT2D eigenvalue weighted by molar-refractivity contribution is -0.00910. The molecule has 0 N–H and O–H groups in total. The summed E-state index contributed by atoms with van der Waals surface area (Å²) >= 11 is 1.68. The average Bonchev–Trinajstić information content (AvgIpc) is 2.63. The number of rotatable bonds is 2. The Bertz CT molecular complexity index is 260. The van der Waals surface area contributed by atoms with E-state index in [2.05, 4.69) is 6.08 Å². The van der Waals surface area contributed by atoms with Crippen molar-refractivity contribution in [3.8, 4) is 0 Å². The van der Waals surface area contributed by atoms with Gasteiger partial charge in [0, 0.05) is 12.0 Å². The van der Waals surface area contributed by atoms with Crippen LogP contribution in [0.25, 0.3) is 0 Å². The van der Waals surface area contributed by atoms with Crippen molar-refractivity contribution in [3.63, 3.8) is 0 Å². The maximum atomic E-state index is 5.38. The molecule has 0 amide bonds. The molecule has 1 aliphatic carbocycles. The zero-order chi connectivity index (χ0) is 9.26. The molecule has 1 aliphatic heterocycles. The molecule has 2 unspecified atom stereocenters. The number of hydrogen-bond donors (Lipinski definition) is 0. The van der Waals surface area contributed by atoms with Gasteiger partial charge in [-0.25, -0.2) is 0 Å². The molecule has 0 bridgehead atoms. The summed E-state index contributed by atoms with van der Waals surface area (Å²) in [5.74, 6) is 0.888. The maximum Gasteiger partial charge on any atom is 0.189 e. The second-order valence-electron chi connectivity index (χ2n) is 2.87. The molecule has 0 aromatic heterocycles. The summed E-state index contributed by atoms with van der Waals surface area (Å²) in [6.45, 7) is 0.339. The summed E-state index contributed by atoms with van der Waals surface area (Å²) in [4.78, 5) is 1.17. The Morgan fingerprint density at radius 3 is 3.15 bits per heavy atom. The van der Waals surface area contributed by atoms with Gasteiger partial charge in [0.25, 0.3) is 0 Å². The van der Waals surface area contributed by atoms with Crippen LogP contribution in [0.2, 0.25) is 0 Å². The van der Waals surface area contributed by atoms with Crippen LogP contribution in [0.5, 0.6) is 0 Å². The molecule has 0 aromatic rings. The van der Waals surface area contributed by atoms with E-state index in [1.807, 2.05) is 12.3 Å². The Kier molecular flexibility index (Phi) is 2.62. The average molecular weight is 200 g/mol. The third-order valence-electron chi connectivity index (χ3n) is 2.17. The molecule has 3 nitrogen and oxygen atoms in total. The fraction of sp³-hybridized carbons (Fsp3) is 0.556. The van der Waals surface area contributed by atoms with Crippen LogP contribution in [-0.4, -0.2) is 32.4 Å². The van der Waals surface area contributed by atoms with Crippen LogP contribution in [0.1, 0.15) is 0 Å². The van der Waals surface area contributed by atoms with E-state index in [1.165, 1.54) is 4.91 Å². The Balaban J connectivity index is 2.23. The zero-order valence-corrected chi connectivity index (χ0v) is 8.47. The number of hydrogen-bond acceptors (Lipinski definition) is 4. The Labute approximate surface area is 81.7 Å². The van der Waals surface area contributed by atoms with E-state index in [1.54, 1.807) is 18.9 Å². The summed E-state index contributed by atoms with van der Waals surface area (Å²) in [6.07, 6.45) is 6.06. The number of ether oxygens (including phenoxy) is 3. The van der Waals surface area contributed by atoms with Gasteiger partial charge >= 0.3 is 0 Å². The van der Waals surface area contributed by atoms with E-state index in [0.717, 1.165) is 5.76 Å². The quantitative estimate of drug-likeness (QED) is 0.675. The van der Waals surface area contributed by atoms with Gasteiger partial charge in [-0.05, 0) is 18.4 Å². The predicted octanol–water partition coefficient (Wildman–Crippen LogP) is 1.52. The first-order valence-corrected chi connectivity index (χ1v) is 5.32. The highest BCUT2D eigenvalue weighted by atomic mass is 32.2. The van der Waals surface area contributed by atoms with Gasteiger partial charge in [0.2, 0.25) is 0 Å². The molecule has 2 atom stereocenters. The predicted molar refractivity (Wildman–Crippen MR) is 51.3 cm³/mol. The third-order valence-corrected chi connectivity index (χ3v) is 2.90. The lowest BCUT2D eigenvalue weighted by Crippen LogP contribution is -2.29. The highest BCUT2D eigenvalue weighted by Crippen LogP contribution is 2.31. The Hall–Kier alpha value is -0.450. The summed E-state index contributed by atoms with van der Waals surface area (Å²) in [7, 11) is 1.68. The van der Waals surface area contributed by atoms with Crippen molar-refractivity contribution >= 4 is 11.8 Å². The number of thioether (sulfide) groups is 1. The minimum atomic E-state index is -0.0408.